The summed E-state index contributed by atoms with van der Waals surface area (Å²) in [5.41, 5.74) is 0. The molecular formula is C9H16ClNO2. The van der Waals surface area contributed by atoms with Crippen molar-refractivity contribution in [3.8, 4) is 0 Å². The molecule has 0 bridgehead atoms. The zero-order valence-corrected chi connectivity index (χ0v) is 8.64. The minimum atomic E-state index is -0.422. The third kappa shape index (κ3) is 3.16. The Labute approximate surface area is 83.8 Å². The van der Waals surface area contributed by atoms with Gasteiger partial charge < -0.3 is 10.1 Å². The highest BCUT2D eigenvalue weighted by molar-refractivity contribution is 6.31. The maximum atomic E-state index is 11.4. The lowest BCUT2D eigenvalue weighted by Crippen LogP contribution is -2.36. The predicted molar refractivity (Wildman–Crippen MR) is 51.9 cm³/mol. The first kappa shape index (κ1) is 10.8. The van der Waals surface area contributed by atoms with Crippen LogP contribution in [0.1, 0.15) is 19.8 Å². The first-order chi connectivity index (χ1) is 6.25. The topological polar surface area (TPSA) is 38.3 Å². The third-order valence-electron chi connectivity index (χ3n) is 2.18. The zero-order valence-electron chi connectivity index (χ0n) is 7.88. The van der Waals surface area contributed by atoms with E-state index in [1.54, 1.807) is 0 Å². The number of amides is 1. The maximum Gasteiger partial charge on any atom is 0.238 e. The summed E-state index contributed by atoms with van der Waals surface area (Å²) in [6, 6.07) is 0. The molecule has 4 heteroatoms. The van der Waals surface area contributed by atoms with E-state index in [9.17, 15) is 4.79 Å². The summed E-state index contributed by atoms with van der Waals surface area (Å²) in [6.07, 6.45) is 1.84. The van der Waals surface area contributed by atoms with E-state index < -0.39 is 5.38 Å². The second-order valence-electron chi connectivity index (χ2n) is 3.32. The summed E-state index contributed by atoms with van der Waals surface area (Å²) >= 11 is 5.98. The number of nitrogens with one attached hydrogen (secondary N) is 1. The number of hydrogen-bond donors (Lipinski definition) is 1. The van der Waals surface area contributed by atoms with Crippen LogP contribution in [0.3, 0.4) is 0 Å². The van der Waals surface area contributed by atoms with Gasteiger partial charge in [0.25, 0.3) is 0 Å². The standard InChI is InChI=1S/C9H16ClNO2/c1-2-4-11-9(12)8(10)7-3-5-13-6-7/h7-8H,2-6H2,1H3,(H,11,12). The summed E-state index contributed by atoms with van der Waals surface area (Å²) in [5.74, 6) is 0.137. The van der Waals surface area contributed by atoms with Gasteiger partial charge in [-0.3, -0.25) is 4.79 Å². The number of alkyl halides is 1. The van der Waals surface area contributed by atoms with Crippen LogP contribution in [0.25, 0.3) is 0 Å². The van der Waals surface area contributed by atoms with Gasteiger partial charge in [-0.2, -0.15) is 0 Å². The number of halogens is 1. The van der Waals surface area contributed by atoms with Crippen molar-refractivity contribution in [3.05, 3.63) is 0 Å². The van der Waals surface area contributed by atoms with Crippen LogP contribution in [0.15, 0.2) is 0 Å². The molecule has 1 amide bonds. The van der Waals surface area contributed by atoms with E-state index in [-0.39, 0.29) is 11.8 Å². The van der Waals surface area contributed by atoms with Gasteiger partial charge in [-0.25, -0.2) is 0 Å². The molecule has 1 saturated heterocycles. The van der Waals surface area contributed by atoms with Crippen molar-refractivity contribution >= 4 is 17.5 Å². The molecule has 1 aliphatic rings. The van der Waals surface area contributed by atoms with Crippen LogP contribution in [-0.4, -0.2) is 31.0 Å². The molecule has 0 spiro atoms. The van der Waals surface area contributed by atoms with Gasteiger partial charge in [-0.05, 0) is 12.8 Å². The van der Waals surface area contributed by atoms with Gasteiger partial charge in [-0.15, -0.1) is 11.6 Å². The van der Waals surface area contributed by atoms with E-state index in [0.717, 1.165) is 19.4 Å². The van der Waals surface area contributed by atoms with Crippen molar-refractivity contribution in [1.82, 2.24) is 5.32 Å². The molecule has 0 radical (unpaired) electrons. The van der Waals surface area contributed by atoms with Crippen molar-refractivity contribution in [2.75, 3.05) is 19.8 Å². The van der Waals surface area contributed by atoms with Gasteiger partial charge in [0.2, 0.25) is 5.91 Å². The molecule has 0 saturated carbocycles. The molecule has 2 unspecified atom stereocenters. The molecule has 1 heterocycles. The molecule has 1 rings (SSSR count). The lowest BCUT2D eigenvalue weighted by atomic mass is 10.0. The molecule has 13 heavy (non-hydrogen) atoms. The molecule has 0 aromatic heterocycles. The highest BCUT2D eigenvalue weighted by atomic mass is 35.5. The van der Waals surface area contributed by atoms with Crippen molar-refractivity contribution in [2.45, 2.75) is 25.1 Å². The molecular weight excluding hydrogens is 190 g/mol. The lowest BCUT2D eigenvalue weighted by Gasteiger charge is -2.14. The zero-order chi connectivity index (χ0) is 9.68. The first-order valence-electron chi connectivity index (χ1n) is 4.75. The van der Waals surface area contributed by atoms with Crippen LogP contribution in [0, 0.1) is 5.92 Å². The smallest absolute Gasteiger partial charge is 0.238 e. The van der Waals surface area contributed by atoms with Gasteiger partial charge in [0.1, 0.15) is 5.38 Å². The van der Waals surface area contributed by atoms with E-state index in [4.69, 9.17) is 16.3 Å². The third-order valence-corrected chi connectivity index (χ3v) is 2.73. The second-order valence-corrected chi connectivity index (χ2v) is 3.79. The number of carbonyl (C=O) groups is 1. The number of carbonyl (C=O) groups excluding carboxylic acids is 1. The van der Waals surface area contributed by atoms with Crippen LogP contribution in [0.5, 0.6) is 0 Å². The molecule has 1 N–H and O–H groups in total. The first-order valence-corrected chi connectivity index (χ1v) is 5.19. The monoisotopic (exact) mass is 205 g/mol. The summed E-state index contributed by atoms with van der Waals surface area (Å²) in [5, 5.41) is 2.36. The Morgan fingerprint density at radius 3 is 3.08 bits per heavy atom. The molecule has 1 aliphatic heterocycles. The van der Waals surface area contributed by atoms with Gasteiger partial charge >= 0.3 is 0 Å². The van der Waals surface area contributed by atoms with E-state index in [0.29, 0.717) is 13.2 Å². The largest absolute Gasteiger partial charge is 0.381 e. The summed E-state index contributed by atoms with van der Waals surface area (Å²) in [7, 11) is 0. The molecule has 0 aliphatic carbocycles. The van der Waals surface area contributed by atoms with Gasteiger partial charge in [0.15, 0.2) is 0 Å². The quantitative estimate of drug-likeness (QED) is 0.700. The van der Waals surface area contributed by atoms with E-state index in [1.807, 2.05) is 6.92 Å². The van der Waals surface area contributed by atoms with E-state index in [1.165, 1.54) is 0 Å². The molecule has 1 fully saturated rings. The highest BCUT2D eigenvalue weighted by Gasteiger charge is 2.29. The van der Waals surface area contributed by atoms with Crippen molar-refractivity contribution < 1.29 is 9.53 Å². The SMILES string of the molecule is CCCNC(=O)C(Cl)C1CCOC1. The predicted octanol–water partition coefficient (Wildman–Crippen LogP) is 1.16. The van der Waals surface area contributed by atoms with Crippen molar-refractivity contribution in [2.24, 2.45) is 5.92 Å². The number of ether oxygens (including phenoxy) is 1. The van der Waals surface area contributed by atoms with Crippen molar-refractivity contribution in [1.29, 1.82) is 0 Å². The normalized spacial score (nSPS) is 24.3. The fraction of sp³-hybridized carbons (Fsp3) is 0.889. The van der Waals surface area contributed by atoms with Crippen LogP contribution in [-0.2, 0) is 9.53 Å². The van der Waals surface area contributed by atoms with Crippen LogP contribution in [0.4, 0.5) is 0 Å². The van der Waals surface area contributed by atoms with Crippen LogP contribution < -0.4 is 5.32 Å². The highest BCUT2D eigenvalue weighted by Crippen LogP contribution is 2.20. The fourth-order valence-corrected chi connectivity index (χ4v) is 1.62. The Balaban J connectivity index is 2.28. The van der Waals surface area contributed by atoms with E-state index in [2.05, 4.69) is 5.32 Å². The average Bonchev–Trinajstić information content (AvgIpc) is 2.65. The fourth-order valence-electron chi connectivity index (χ4n) is 1.34. The maximum absolute atomic E-state index is 11.4. The Morgan fingerprint density at radius 1 is 1.77 bits per heavy atom. The lowest BCUT2D eigenvalue weighted by molar-refractivity contribution is -0.121. The second kappa shape index (κ2) is 5.45. The molecule has 76 valence electrons. The average molecular weight is 206 g/mol. The molecule has 0 aromatic rings. The summed E-state index contributed by atoms with van der Waals surface area (Å²) in [6.45, 7) is 4.07. The number of rotatable bonds is 4. The Hall–Kier alpha value is -0.280. The Kier molecular flexibility index (Phi) is 4.53. The van der Waals surface area contributed by atoms with Crippen molar-refractivity contribution in [3.63, 3.8) is 0 Å². The Morgan fingerprint density at radius 2 is 2.54 bits per heavy atom. The van der Waals surface area contributed by atoms with E-state index >= 15 is 0 Å². The van der Waals surface area contributed by atoms with Crippen LogP contribution >= 0.6 is 11.6 Å². The molecule has 2 atom stereocenters. The Bertz CT molecular complexity index is 169. The minimum Gasteiger partial charge on any atom is -0.381 e. The van der Waals surface area contributed by atoms with Gasteiger partial charge in [-0.1, -0.05) is 6.92 Å². The van der Waals surface area contributed by atoms with Crippen LogP contribution in [0.2, 0.25) is 0 Å². The van der Waals surface area contributed by atoms with Gasteiger partial charge in [0.05, 0.1) is 6.61 Å². The molecule has 0 aromatic carbocycles. The molecule has 3 nitrogen and oxygen atoms in total. The summed E-state index contributed by atoms with van der Waals surface area (Å²) < 4.78 is 5.17. The van der Waals surface area contributed by atoms with Gasteiger partial charge in [0, 0.05) is 19.1 Å². The number of hydrogen-bond acceptors (Lipinski definition) is 2. The summed E-state index contributed by atoms with van der Waals surface area (Å²) in [4.78, 5) is 11.4. The minimum absolute atomic E-state index is 0.0565.